The minimum absolute atomic E-state index is 0.0893. The Kier molecular flexibility index (Phi) is 4.31. The molecule has 114 valence electrons. The third-order valence-corrected chi connectivity index (χ3v) is 6.24. The standard InChI is InChI=1S/C16H22N2OS2/c1-10-11(2)21-14-13(10)15(19)18(16(20)17-14)9-8-12-6-4-3-5-7-12/h12H,3-9H2,1-2H3,(H,17,20). The molecule has 0 saturated heterocycles. The minimum atomic E-state index is 0.0893. The smallest absolute Gasteiger partial charge is 0.263 e. The third kappa shape index (κ3) is 2.86. The van der Waals surface area contributed by atoms with Crippen molar-refractivity contribution in [2.45, 2.75) is 58.9 Å². The lowest BCUT2D eigenvalue weighted by atomic mass is 9.87. The highest BCUT2D eigenvalue weighted by Gasteiger charge is 2.16. The number of hydrogen-bond donors (Lipinski definition) is 1. The van der Waals surface area contributed by atoms with Gasteiger partial charge in [-0.3, -0.25) is 9.36 Å². The second kappa shape index (κ2) is 6.05. The van der Waals surface area contributed by atoms with E-state index in [4.69, 9.17) is 12.2 Å². The molecule has 0 aliphatic heterocycles. The van der Waals surface area contributed by atoms with Crippen LogP contribution in [0.2, 0.25) is 0 Å². The maximum Gasteiger partial charge on any atom is 0.263 e. The summed E-state index contributed by atoms with van der Waals surface area (Å²) in [6.45, 7) is 4.84. The zero-order valence-electron chi connectivity index (χ0n) is 12.7. The molecule has 0 radical (unpaired) electrons. The zero-order valence-corrected chi connectivity index (χ0v) is 14.3. The fraction of sp³-hybridized carbons (Fsp3) is 0.625. The van der Waals surface area contributed by atoms with E-state index in [0.717, 1.165) is 34.7 Å². The molecule has 2 heterocycles. The average molecular weight is 322 g/mol. The predicted molar refractivity (Wildman–Crippen MR) is 91.9 cm³/mol. The van der Waals surface area contributed by atoms with Gasteiger partial charge < -0.3 is 4.98 Å². The number of nitrogens with zero attached hydrogens (tertiary/aromatic N) is 1. The number of fused-ring (bicyclic) bond motifs is 1. The highest BCUT2D eigenvalue weighted by Crippen LogP contribution is 2.28. The summed E-state index contributed by atoms with van der Waals surface area (Å²) in [5.41, 5.74) is 1.18. The summed E-state index contributed by atoms with van der Waals surface area (Å²) in [5.74, 6) is 0.765. The van der Waals surface area contributed by atoms with Crippen molar-refractivity contribution in [3.8, 4) is 0 Å². The first-order chi connectivity index (χ1) is 10.1. The number of aromatic amines is 1. The predicted octanol–water partition coefficient (Wildman–Crippen LogP) is 4.71. The number of aromatic nitrogens is 2. The van der Waals surface area contributed by atoms with Crippen molar-refractivity contribution in [1.82, 2.24) is 9.55 Å². The van der Waals surface area contributed by atoms with Gasteiger partial charge >= 0.3 is 0 Å². The van der Waals surface area contributed by atoms with Gasteiger partial charge in [0.05, 0.1) is 5.39 Å². The Bertz CT molecular complexity index is 763. The van der Waals surface area contributed by atoms with Crippen molar-refractivity contribution >= 4 is 33.8 Å². The van der Waals surface area contributed by atoms with Crippen molar-refractivity contribution in [1.29, 1.82) is 0 Å². The summed E-state index contributed by atoms with van der Waals surface area (Å²) in [6.07, 6.45) is 7.75. The number of hydrogen-bond acceptors (Lipinski definition) is 3. The molecule has 0 bridgehead atoms. The van der Waals surface area contributed by atoms with Crippen LogP contribution in [-0.4, -0.2) is 9.55 Å². The average Bonchev–Trinajstić information content (AvgIpc) is 2.74. The highest BCUT2D eigenvalue weighted by atomic mass is 32.1. The largest absolute Gasteiger partial charge is 0.323 e. The fourth-order valence-corrected chi connectivity index (χ4v) is 4.75. The van der Waals surface area contributed by atoms with Gasteiger partial charge in [0.25, 0.3) is 5.56 Å². The normalized spacial score (nSPS) is 16.7. The van der Waals surface area contributed by atoms with Crippen molar-refractivity contribution in [2.75, 3.05) is 0 Å². The van der Waals surface area contributed by atoms with E-state index in [0.29, 0.717) is 4.77 Å². The van der Waals surface area contributed by atoms with Crippen molar-refractivity contribution in [3.63, 3.8) is 0 Å². The van der Waals surface area contributed by atoms with Gasteiger partial charge in [-0.15, -0.1) is 11.3 Å². The van der Waals surface area contributed by atoms with E-state index in [1.165, 1.54) is 37.0 Å². The summed E-state index contributed by atoms with van der Waals surface area (Å²) in [7, 11) is 0. The lowest BCUT2D eigenvalue weighted by Gasteiger charge is -2.21. The molecule has 1 fully saturated rings. The van der Waals surface area contributed by atoms with Crippen molar-refractivity contribution in [2.24, 2.45) is 5.92 Å². The molecule has 1 aliphatic carbocycles. The molecule has 0 amide bonds. The molecule has 3 nitrogen and oxygen atoms in total. The van der Waals surface area contributed by atoms with Crippen LogP contribution in [-0.2, 0) is 6.54 Å². The van der Waals surface area contributed by atoms with Crippen molar-refractivity contribution in [3.05, 3.63) is 25.6 Å². The molecule has 0 spiro atoms. The number of nitrogens with one attached hydrogen (secondary N) is 1. The Morgan fingerprint density at radius 3 is 2.71 bits per heavy atom. The Labute approximate surface area is 134 Å². The van der Waals surface area contributed by atoms with Crippen LogP contribution in [0.15, 0.2) is 4.79 Å². The van der Waals surface area contributed by atoms with Crippen LogP contribution in [0.5, 0.6) is 0 Å². The van der Waals surface area contributed by atoms with E-state index in [-0.39, 0.29) is 5.56 Å². The van der Waals surface area contributed by atoms with Gasteiger partial charge in [-0.05, 0) is 44.0 Å². The second-order valence-corrected chi connectivity index (χ2v) is 7.78. The van der Waals surface area contributed by atoms with Crippen molar-refractivity contribution < 1.29 is 0 Å². The Morgan fingerprint density at radius 1 is 1.29 bits per heavy atom. The highest BCUT2D eigenvalue weighted by molar-refractivity contribution is 7.71. The molecular weight excluding hydrogens is 300 g/mol. The molecule has 2 aromatic rings. The van der Waals surface area contributed by atoms with Crippen LogP contribution in [0.4, 0.5) is 0 Å². The fourth-order valence-electron chi connectivity index (χ4n) is 3.35. The molecule has 1 aliphatic rings. The van der Waals surface area contributed by atoms with E-state index >= 15 is 0 Å². The molecule has 1 saturated carbocycles. The maximum atomic E-state index is 12.7. The van der Waals surface area contributed by atoms with Crippen LogP contribution in [0.3, 0.4) is 0 Å². The third-order valence-electron chi connectivity index (χ3n) is 4.80. The number of H-pyrrole nitrogens is 1. The SMILES string of the molecule is Cc1sc2[nH]c(=S)n(CCC3CCCCC3)c(=O)c2c1C. The monoisotopic (exact) mass is 322 g/mol. The topological polar surface area (TPSA) is 37.8 Å². The molecular formula is C16H22N2OS2. The maximum absolute atomic E-state index is 12.7. The quantitative estimate of drug-likeness (QED) is 0.831. The Morgan fingerprint density at radius 2 is 2.00 bits per heavy atom. The number of aryl methyl sites for hydroxylation is 2. The summed E-state index contributed by atoms with van der Waals surface area (Å²) in [6, 6.07) is 0. The van der Waals surface area contributed by atoms with Gasteiger partial charge in [0.2, 0.25) is 0 Å². The lowest BCUT2D eigenvalue weighted by Crippen LogP contribution is -2.23. The van der Waals surface area contributed by atoms with Crippen LogP contribution < -0.4 is 5.56 Å². The molecule has 0 aromatic carbocycles. The van der Waals surface area contributed by atoms with Gasteiger partial charge in [0.1, 0.15) is 4.83 Å². The molecule has 1 N–H and O–H groups in total. The summed E-state index contributed by atoms with van der Waals surface area (Å²) < 4.78 is 2.34. The van der Waals surface area contributed by atoms with E-state index in [2.05, 4.69) is 11.9 Å². The first-order valence-corrected chi connectivity index (χ1v) is 9.03. The van der Waals surface area contributed by atoms with Gasteiger partial charge in [0.15, 0.2) is 4.77 Å². The molecule has 3 rings (SSSR count). The van der Waals surface area contributed by atoms with E-state index in [9.17, 15) is 4.79 Å². The van der Waals surface area contributed by atoms with Gasteiger partial charge in [-0.2, -0.15) is 0 Å². The molecule has 21 heavy (non-hydrogen) atoms. The lowest BCUT2D eigenvalue weighted by molar-refractivity contribution is 0.322. The van der Waals surface area contributed by atoms with Crippen LogP contribution in [0.1, 0.15) is 49.0 Å². The van der Waals surface area contributed by atoms with Crippen LogP contribution in [0, 0.1) is 24.5 Å². The minimum Gasteiger partial charge on any atom is -0.323 e. The van der Waals surface area contributed by atoms with E-state index in [1.54, 1.807) is 15.9 Å². The Balaban J connectivity index is 1.92. The second-order valence-electron chi connectivity index (χ2n) is 6.17. The van der Waals surface area contributed by atoms with E-state index < -0.39 is 0 Å². The van der Waals surface area contributed by atoms with Gasteiger partial charge in [-0.25, -0.2) is 0 Å². The van der Waals surface area contributed by atoms with E-state index in [1.807, 2.05) is 6.92 Å². The molecule has 0 unspecified atom stereocenters. The first kappa shape index (κ1) is 15.0. The van der Waals surface area contributed by atoms with Gasteiger partial charge in [0, 0.05) is 11.4 Å². The van der Waals surface area contributed by atoms with Crippen LogP contribution >= 0.6 is 23.6 Å². The van der Waals surface area contributed by atoms with Gasteiger partial charge in [-0.1, -0.05) is 32.1 Å². The number of thiophene rings is 1. The summed E-state index contributed by atoms with van der Waals surface area (Å²) in [4.78, 5) is 18.1. The summed E-state index contributed by atoms with van der Waals surface area (Å²) >= 11 is 7.03. The first-order valence-electron chi connectivity index (χ1n) is 7.80. The molecule has 0 atom stereocenters. The molecule has 5 heteroatoms. The zero-order chi connectivity index (χ0) is 15.0. The summed E-state index contributed by atoms with van der Waals surface area (Å²) in [5, 5.41) is 0.828. The van der Waals surface area contributed by atoms with Crippen LogP contribution in [0.25, 0.3) is 10.2 Å². The number of rotatable bonds is 3. The Hall–Kier alpha value is -0.940. The molecule has 2 aromatic heterocycles.